The lowest BCUT2D eigenvalue weighted by Gasteiger charge is -1.90. The van der Waals surface area contributed by atoms with Gasteiger partial charge < -0.3 is 0 Å². The highest BCUT2D eigenvalue weighted by Gasteiger charge is 2.29. The Morgan fingerprint density at radius 3 is 1.25 bits per heavy atom. The Balaban J connectivity index is 2.13. The van der Waals surface area contributed by atoms with Crippen molar-refractivity contribution in [3.05, 3.63) is 70.9 Å². The fourth-order valence-corrected chi connectivity index (χ4v) is 2.13. The minimum atomic E-state index is -0.567. The summed E-state index contributed by atoms with van der Waals surface area (Å²) in [6.45, 7) is 0. The van der Waals surface area contributed by atoms with Crippen molar-refractivity contribution in [1.82, 2.24) is 0 Å². The maximum absolute atomic E-state index is 11.7. The van der Waals surface area contributed by atoms with Crippen LogP contribution < -0.4 is 0 Å². The smallest absolute Gasteiger partial charge is 0.233 e. The first-order valence-electron chi connectivity index (χ1n) is 5.96. The number of fused-ring (bicyclic) bond motifs is 2. The standard InChI is InChI=1S/C16H8O4/c17-13-9-3-1-4-10-8-12(16(20)14(10)18)6-2-5-11(7-9)15(13)19/h1-8H. The lowest BCUT2D eigenvalue weighted by Crippen LogP contribution is -2.10. The van der Waals surface area contributed by atoms with E-state index in [1.54, 1.807) is 0 Å². The summed E-state index contributed by atoms with van der Waals surface area (Å²) in [5.74, 6) is -2.27. The fraction of sp³-hybridized carbons (Fsp3) is 0. The van der Waals surface area contributed by atoms with Crippen LogP contribution in [0.5, 0.6) is 0 Å². The Morgan fingerprint density at radius 2 is 0.850 bits per heavy atom. The number of rotatable bonds is 0. The largest absolute Gasteiger partial charge is 0.285 e. The number of carbonyl (C=O) groups excluding carboxylic acids is 4. The van der Waals surface area contributed by atoms with E-state index in [-0.39, 0.29) is 22.3 Å². The molecule has 0 aliphatic heterocycles. The third kappa shape index (κ3) is 1.78. The molecule has 0 spiro atoms. The summed E-state index contributed by atoms with van der Waals surface area (Å²) in [7, 11) is 0. The number of carbonyl (C=O) groups is 4. The van der Waals surface area contributed by atoms with Gasteiger partial charge in [-0.05, 0) is 12.2 Å². The second-order valence-electron chi connectivity index (χ2n) is 4.48. The summed E-state index contributed by atoms with van der Waals surface area (Å²) < 4.78 is 0. The van der Waals surface area contributed by atoms with Crippen LogP contribution in [0.2, 0.25) is 0 Å². The molecular formula is C16H8O4. The van der Waals surface area contributed by atoms with Crippen LogP contribution in [0, 0.1) is 0 Å². The number of hydrogen-bond donors (Lipinski definition) is 0. The molecule has 0 saturated heterocycles. The molecule has 0 aromatic rings. The van der Waals surface area contributed by atoms with Gasteiger partial charge in [0.2, 0.25) is 23.1 Å². The molecule has 0 heterocycles. The van der Waals surface area contributed by atoms with Gasteiger partial charge in [-0.1, -0.05) is 36.5 Å². The molecule has 4 heteroatoms. The molecule has 96 valence electrons. The SMILES string of the molecule is O=C1C(=O)C2=CC1=CC=CC1=CC(=CC=C2)C(=O)C1=O. The van der Waals surface area contributed by atoms with Gasteiger partial charge in [0.1, 0.15) is 0 Å². The molecule has 0 atom stereocenters. The first kappa shape index (κ1) is 12.2. The van der Waals surface area contributed by atoms with Crippen molar-refractivity contribution in [2.75, 3.05) is 0 Å². The van der Waals surface area contributed by atoms with E-state index in [0.29, 0.717) is 0 Å². The van der Waals surface area contributed by atoms with E-state index in [1.807, 2.05) is 0 Å². The van der Waals surface area contributed by atoms with Crippen LogP contribution in [-0.2, 0) is 19.2 Å². The molecule has 0 amide bonds. The van der Waals surface area contributed by atoms with Crippen LogP contribution >= 0.6 is 0 Å². The molecule has 0 radical (unpaired) electrons. The molecular weight excluding hydrogens is 256 g/mol. The predicted octanol–water partition coefficient (Wildman–Crippen LogP) is 1.12. The normalized spacial score (nSPS) is 21.2. The van der Waals surface area contributed by atoms with Gasteiger partial charge in [0, 0.05) is 22.3 Å². The average molecular weight is 264 g/mol. The molecule has 3 rings (SSSR count). The number of Topliss-reactive ketones (excluding diaryl/α,β-unsaturated/α-hetero) is 4. The van der Waals surface area contributed by atoms with Crippen molar-refractivity contribution in [3.8, 4) is 0 Å². The monoisotopic (exact) mass is 264 g/mol. The lowest BCUT2D eigenvalue weighted by atomic mass is 10.1. The maximum Gasteiger partial charge on any atom is 0.233 e. The molecule has 0 saturated carbocycles. The van der Waals surface area contributed by atoms with Gasteiger partial charge >= 0.3 is 0 Å². The zero-order valence-corrected chi connectivity index (χ0v) is 10.3. The van der Waals surface area contributed by atoms with Crippen LogP contribution in [0.25, 0.3) is 0 Å². The van der Waals surface area contributed by atoms with Gasteiger partial charge in [0.25, 0.3) is 0 Å². The quantitative estimate of drug-likeness (QED) is 0.615. The summed E-state index contributed by atoms with van der Waals surface area (Å²) in [4.78, 5) is 46.7. The van der Waals surface area contributed by atoms with Gasteiger partial charge in [-0.3, -0.25) is 19.2 Å². The Bertz CT molecular complexity index is 698. The van der Waals surface area contributed by atoms with E-state index in [0.717, 1.165) is 0 Å². The van der Waals surface area contributed by atoms with Gasteiger partial charge in [0.15, 0.2) is 0 Å². The zero-order chi connectivity index (χ0) is 14.3. The third-order valence-electron chi connectivity index (χ3n) is 3.19. The number of allylic oxidation sites excluding steroid dienone is 12. The Labute approximate surface area is 114 Å². The van der Waals surface area contributed by atoms with E-state index in [4.69, 9.17) is 0 Å². The Hall–Kier alpha value is -2.88. The van der Waals surface area contributed by atoms with Crippen LogP contribution in [0.1, 0.15) is 0 Å². The highest BCUT2D eigenvalue weighted by Crippen LogP contribution is 2.22. The molecule has 20 heavy (non-hydrogen) atoms. The molecule has 0 aromatic carbocycles. The third-order valence-corrected chi connectivity index (χ3v) is 3.19. The van der Waals surface area contributed by atoms with E-state index < -0.39 is 23.1 Å². The summed E-state index contributed by atoms with van der Waals surface area (Å²) >= 11 is 0. The molecule has 0 fully saturated rings. The second-order valence-corrected chi connectivity index (χ2v) is 4.48. The summed E-state index contributed by atoms with van der Waals surface area (Å²) in [5.41, 5.74) is 1.09. The van der Waals surface area contributed by atoms with Gasteiger partial charge in [-0.15, -0.1) is 0 Å². The Morgan fingerprint density at radius 1 is 0.500 bits per heavy atom. The summed E-state index contributed by atoms with van der Waals surface area (Å²) in [6.07, 6.45) is 11.8. The molecule has 3 aliphatic carbocycles. The van der Waals surface area contributed by atoms with Crippen LogP contribution in [0.3, 0.4) is 0 Å². The number of hydrogen-bond acceptors (Lipinski definition) is 4. The topological polar surface area (TPSA) is 68.3 Å². The highest BCUT2D eigenvalue weighted by atomic mass is 16.2. The number of ketones is 4. The van der Waals surface area contributed by atoms with Crippen LogP contribution in [-0.4, -0.2) is 23.1 Å². The molecule has 4 bridgehead atoms. The molecule has 3 aliphatic rings. The van der Waals surface area contributed by atoms with Crippen molar-refractivity contribution >= 4 is 23.1 Å². The van der Waals surface area contributed by atoms with E-state index in [1.165, 1.54) is 48.6 Å². The average Bonchev–Trinajstić information content (AvgIpc) is 2.84. The van der Waals surface area contributed by atoms with Crippen LogP contribution in [0.4, 0.5) is 0 Å². The van der Waals surface area contributed by atoms with Crippen molar-refractivity contribution in [1.29, 1.82) is 0 Å². The van der Waals surface area contributed by atoms with E-state index in [9.17, 15) is 19.2 Å². The highest BCUT2D eigenvalue weighted by molar-refractivity contribution is 6.54. The maximum atomic E-state index is 11.7. The summed E-state index contributed by atoms with van der Waals surface area (Å²) in [5, 5.41) is 0. The zero-order valence-electron chi connectivity index (χ0n) is 10.3. The van der Waals surface area contributed by atoms with Gasteiger partial charge in [-0.2, -0.15) is 0 Å². The van der Waals surface area contributed by atoms with Crippen molar-refractivity contribution in [3.63, 3.8) is 0 Å². The Kier molecular flexibility index (Phi) is 2.64. The molecule has 4 nitrogen and oxygen atoms in total. The molecule has 0 aromatic heterocycles. The lowest BCUT2D eigenvalue weighted by molar-refractivity contribution is -0.131. The second kappa shape index (κ2) is 4.35. The minimum absolute atomic E-state index is 0.271. The van der Waals surface area contributed by atoms with Crippen molar-refractivity contribution in [2.24, 2.45) is 0 Å². The molecule has 0 N–H and O–H groups in total. The minimum Gasteiger partial charge on any atom is -0.285 e. The van der Waals surface area contributed by atoms with Gasteiger partial charge in [0.05, 0.1) is 0 Å². The molecule has 0 unspecified atom stereocenters. The van der Waals surface area contributed by atoms with Crippen molar-refractivity contribution < 1.29 is 19.2 Å². The van der Waals surface area contributed by atoms with Crippen molar-refractivity contribution in [2.45, 2.75) is 0 Å². The summed E-state index contributed by atoms with van der Waals surface area (Å²) in [6, 6.07) is 0. The van der Waals surface area contributed by atoms with E-state index >= 15 is 0 Å². The van der Waals surface area contributed by atoms with E-state index in [2.05, 4.69) is 0 Å². The predicted molar refractivity (Wildman–Crippen MR) is 70.6 cm³/mol. The van der Waals surface area contributed by atoms with Gasteiger partial charge in [-0.25, -0.2) is 0 Å². The van der Waals surface area contributed by atoms with Crippen LogP contribution in [0.15, 0.2) is 70.9 Å². The first-order valence-corrected chi connectivity index (χ1v) is 5.96. The fourth-order valence-electron chi connectivity index (χ4n) is 2.13. The first-order chi connectivity index (χ1) is 9.58.